The number of hydrogen-bond donors (Lipinski definition) is 1. The predicted molar refractivity (Wildman–Crippen MR) is 85.7 cm³/mol. The van der Waals surface area contributed by atoms with E-state index in [1.807, 2.05) is 0 Å². The lowest BCUT2D eigenvalue weighted by Gasteiger charge is -2.51. The van der Waals surface area contributed by atoms with Crippen molar-refractivity contribution in [1.29, 1.82) is 0 Å². The van der Waals surface area contributed by atoms with Crippen LogP contribution >= 0.6 is 0 Å². The van der Waals surface area contributed by atoms with Crippen LogP contribution in [0.5, 0.6) is 0 Å². The molecule has 2 nitrogen and oxygen atoms in total. The first-order valence-corrected chi connectivity index (χ1v) is 8.62. The Hall–Kier alpha value is -0.0800. The Labute approximate surface area is 121 Å². The summed E-state index contributed by atoms with van der Waals surface area (Å²) in [6.45, 7) is 11.7. The summed E-state index contributed by atoms with van der Waals surface area (Å²) < 4.78 is 0. The fraction of sp³-hybridized carbons (Fsp3) is 1.00. The third-order valence-electron chi connectivity index (χ3n) is 5.63. The van der Waals surface area contributed by atoms with Gasteiger partial charge in [0.25, 0.3) is 0 Å². The first kappa shape index (κ1) is 17.0. The molecule has 1 N–H and O–H groups in total. The lowest BCUT2D eigenvalue weighted by atomic mass is 9.71. The first-order chi connectivity index (χ1) is 9.19. The van der Waals surface area contributed by atoms with Crippen LogP contribution in [0.15, 0.2) is 0 Å². The molecule has 0 amide bonds. The number of rotatable bonds is 8. The zero-order chi connectivity index (χ0) is 14.3. The molecule has 0 saturated heterocycles. The molecule has 0 radical (unpaired) electrons. The number of hydrogen-bond acceptors (Lipinski definition) is 2. The Bertz CT molecular complexity index is 225. The van der Waals surface area contributed by atoms with Gasteiger partial charge in [-0.05, 0) is 51.7 Å². The molecule has 1 unspecified atom stereocenters. The normalized spacial score (nSPS) is 19.9. The van der Waals surface area contributed by atoms with Gasteiger partial charge in [-0.1, -0.05) is 47.0 Å². The van der Waals surface area contributed by atoms with Crippen molar-refractivity contribution in [2.24, 2.45) is 5.92 Å². The summed E-state index contributed by atoms with van der Waals surface area (Å²) >= 11 is 0. The Morgan fingerprint density at radius 1 is 1.00 bits per heavy atom. The average Bonchev–Trinajstić information content (AvgIpc) is 2.48. The molecule has 1 saturated carbocycles. The van der Waals surface area contributed by atoms with Gasteiger partial charge < -0.3 is 5.32 Å². The molecule has 0 aromatic heterocycles. The van der Waals surface area contributed by atoms with Gasteiger partial charge in [-0.2, -0.15) is 0 Å². The van der Waals surface area contributed by atoms with Crippen LogP contribution in [-0.4, -0.2) is 36.6 Å². The van der Waals surface area contributed by atoms with Crippen LogP contribution in [0.25, 0.3) is 0 Å². The molecule has 0 aromatic rings. The summed E-state index contributed by atoms with van der Waals surface area (Å²) in [4.78, 5) is 2.71. The maximum absolute atomic E-state index is 3.72. The van der Waals surface area contributed by atoms with Gasteiger partial charge in [0, 0.05) is 11.6 Å². The van der Waals surface area contributed by atoms with Gasteiger partial charge in [0.2, 0.25) is 0 Å². The fourth-order valence-electron chi connectivity index (χ4n) is 4.60. The van der Waals surface area contributed by atoms with E-state index in [0.717, 1.165) is 5.92 Å². The van der Waals surface area contributed by atoms with Crippen molar-refractivity contribution in [2.75, 3.05) is 20.1 Å². The molecular weight excluding hydrogens is 232 g/mol. The molecule has 0 aromatic carbocycles. The number of nitrogens with zero attached hydrogens (tertiary/aromatic N) is 1. The molecule has 2 heteroatoms. The minimum Gasteiger partial charge on any atom is -0.315 e. The highest BCUT2D eigenvalue weighted by Crippen LogP contribution is 2.37. The van der Waals surface area contributed by atoms with Gasteiger partial charge in [0.05, 0.1) is 0 Å². The standard InChI is InChI=1S/C17H36N2/c1-6-17(7-2,19(8-3)9-4)16(18-5)15-13-11-10-12-14-15/h15-16,18H,6-14H2,1-5H3. The zero-order valence-electron chi connectivity index (χ0n) is 14.0. The number of nitrogens with one attached hydrogen (secondary N) is 1. The third kappa shape index (κ3) is 3.52. The minimum absolute atomic E-state index is 0.347. The lowest BCUT2D eigenvalue weighted by molar-refractivity contribution is 0.0216. The van der Waals surface area contributed by atoms with Crippen LogP contribution < -0.4 is 5.32 Å². The first-order valence-electron chi connectivity index (χ1n) is 8.62. The van der Waals surface area contributed by atoms with E-state index >= 15 is 0 Å². The molecule has 0 spiro atoms. The van der Waals surface area contributed by atoms with E-state index in [1.54, 1.807) is 0 Å². The van der Waals surface area contributed by atoms with Crippen molar-refractivity contribution in [2.45, 2.75) is 84.2 Å². The van der Waals surface area contributed by atoms with Gasteiger partial charge in [-0.15, -0.1) is 0 Å². The highest BCUT2D eigenvalue weighted by molar-refractivity contribution is 5.01. The molecule has 0 aliphatic heterocycles. The average molecular weight is 268 g/mol. The summed E-state index contributed by atoms with van der Waals surface area (Å²) in [7, 11) is 2.18. The smallest absolute Gasteiger partial charge is 0.0359 e. The second-order valence-corrected chi connectivity index (χ2v) is 6.15. The Kier molecular flexibility index (Phi) is 7.38. The summed E-state index contributed by atoms with van der Waals surface area (Å²) in [6, 6.07) is 0.655. The fourth-order valence-corrected chi connectivity index (χ4v) is 4.60. The molecular formula is C17H36N2. The van der Waals surface area contributed by atoms with Gasteiger partial charge in [-0.25, -0.2) is 0 Å². The van der Waals surface area contributed by atoms with E-state index < -0.39 is 0 Å². The van der Waals surface area contributed by atoms with Crippen molar-refractivity contribution >= 4 is 0 Å². The quantitative estimate of drug-likeness (QED) is 0.714. The van der Waals surface area contributed by atoms with Crippen LogP contribution in [0.4, 0.5) is 0 Å². The van der Waals surface area contributed by atoms with E-state index in [-0.39, 0.29) is 0 Å². The number of likely N-dealkylation sites (N-methyl/N-ethyl adjacent to an activating group) is 2. The molecule has 1 fully saturated rings. The maximum Gasteiger partial charge on any atom is 0.0359 e. The van der Waals surface area contributed by atoms with Gasteiger partial charge in [0.1, 0.15) is 0 Å². The van der Waals surface area contributed by atoms with Crippen LogP contribution in [0.2, 0.25) is 0 Å². The van der Waals surface area contributed by atoms with E-state index in [2.05, 4.69) is 45.0 Å². The second-order valence-electron chi connectivity index (χ2n) is 6.15. The summed E-state index contributed by atoms with van der Waals surface area (Å²) in [5.41, 5.74) is 0.347. The Morgan fingerprint density at radius 2 is 1.53 bits per heavy atom. The van der Waals surface area contributed by atoms with Crippen molar-refractivity contribution in [3.05, 3.63) is 0 Å². The zero-order valence-corrected chi connectivity index (χ0v) is 14.0. The van der Waals surface area contributed by atoms with Crippen molar-refractivity contribution in [1.82, 2.24) is 10.2 Å². The van der Waals surface area contributed by atoms with Crippen LogP contribution in [0.1, 0.15) is 72.6 Å². The largest absolute Gasteiger partial charge is 0.315 e. The lowest BCUT2D eigenvalue weighted by Crippen LogP contribution is -2.62. The SMILES string of the molecule is CCN(CC)C(CC)(CC)C(NC)C1CCCCC1. The molecule has 1 rings (SSSR count). The summed E-state index contributed by atoms with van der Waals surface area (Å²) in [5, 5.41) is 3.72. The summed E-state index contributed by atoms with van der Waals surface area (Å²) in [5.74, 6) is 0.874. The summed E-state index contributed by atoms with van der Waals surface area (Å²) in [6.07, 6.45) is 9.68. The maximum atomic E-state index is 3.72. The second kappa shape index (κ2) is 8.26. The van der Waals surface area contributed by atoms with Crippen molar-refractivity contribution in [3.63, 3.8) is 0 Å². The van der Waals surface area contributed by atoms with Crippen LogP contribution in [0.3, 0.4) is 0 Å². The highest BCUT2D eigenvalue weighted by Gasteiger charge is 2.42. The van der Waals surface area contributed by atoms with Gasteiger partial charge in [-0.3, -0.25) is 4.90 Å². The highest BCUT2D eigenvalue weighted by atomic mass is 15.2. The van der Waals surface area contributed by atoms with E-state index in [1.165, 1.54) is 58.0 Å². The monoisotopic (exact) mass is 268 g/mol. The molecule has 114 valence electrons. The molecule has 1 aliphatic carbocycles. The van der Waals surface area contributed by atoms with E-state index in [9.17, 15) is 0 Å². The Balaban J connectivity index is 2.97. The van der Waals surface area contributed by atoms with Gasteiger partial charge in [0.15, 0.2) is 0 Å². The minimum atomic E-state index is 0.347. The van der Waals surface area contributed by atoms with Crippen LogP contribution in [-0.2, 0) is 0 Å². The molecule has 0 heterocycles. The third-order valence-corrected chi connectivity index (χ3v) is 5.63. The van der Waals surface area contributed by atoms with Crippen molar-refractivity contribution < 1.29 is 0 Å². The molecule has 1 aliphatic rings. The van der Waals surface area contributed by atoms with E-state index in [0.29, 0.717) is 11.6 Å². The van der Waals surface area contributed by atoms with E-state index in [4.69, 9.17) is 0 Å². The molecule has 1 atom stereocenters. The van der Waals surface area contributed by atoms with Gasteiger partial charge >= 0.3 is 0 Å². The molecule has 0 bridgehead atoms. The topological polar surface area (TPSA) is 15.3 Å². The molecule has 19 heavy (non-hydrogen) atoms. The predicted octanol–water partition coefficient (Wildman–Crippen LogP) is 4.06. The van der Waals surface area contributed by atoms with Crippen LogP contribution in [0, 0.1) is 5.92 Å². The van der Waals surface area contributed by atoms with Crippen molar-refractivity contribution in [3.8, 4) is 0 Å². The Morgan fingerprint density at radius 3 is 1.89 bits per heavy atom.